The summed E-state index contributed by atoms with van der Waals surface area (Å²) in [7, 11) is 2.36. The van der Waals surface area contributed by atoms with Crippen LogP contribution < -0.4 is 16.2 Å². The van der Waals surface area contributed by atoms with E-state index in [1.54, 1.807) is 6.92 Å². The number of hydrogen-bond donors (Lipinski definition) is 1. The molecule has 14 heteroatoms. The number of carbonyl (C=O) groups excluding carboxylic acids is 1. The topological polar surface area (TPSA) is 86.2 Å². The number of imidazole rings is 1. The summed E-state index contributed by atoms with van der Waals surface area (Å²) in [6.07, 6.45) is -9.58. The van der Waals surface area contributed by atoms with Gasteiger partial charge in [0.25, 0.3) is 11.5 Å². The Morgan fingerprint density at radius 3 is 2.26 bits per heavy atom. The van der Waals surface area contributed by atoms with Gasteiger partial charge in [-0.25, -0.2) is 4.98 Å². The fourth-order valence-corrected chi connectivity index (χ4v) is 4.54. The Morgan fingerprint density at radius 2 is 1.74 bits per heavy atom. The molecule has 2 aromatic heterocycles. The molecule has 0 bridgehead atoms. The molecule has 0 saturated carbocycles. The van der Waals surface area contributed by atoms with Crippen molar-refractivity contribution in [2.45, 2.75) is 37.6 Å². The normalized spacial score (nSPS) is 12.4. The molecule has 0 unspecified atom stereocenters. The second-order valence-corrected chi connectivity index (χ2v) is 8.81. The zero-order valence-corrected chi connectivity index (χ0v) is 19.8. The highest BCUT2D eigenvalue weighted by molar-refractivity contribution is 7.99. The smallest absolute Gasteiger partial charge is 0.397 e. The molecule has 0 aliphatic heterocycles. The van der Waals surface area contributed by atoms with Crippen molar-refractivity contribution in [3.63, 3.8) is 0 Å². The van der Waals surface area contributed by atoms with Crippen molar-refractivity contribution in [3.8, 4) is 0 Å². The van der Waals surface area contributed by atoms with E-state index in [1.165, 1.54) is 37.9 Å². The average Bonchev–Trinajstić information content (AvgIpc) is 3.08. The van der Waals surface area contributed by atoms with Crippen LogP contribution >= 0.6 is 11.8 Å². The Hall–Kier alpha value is -3.16. The Balaban J connectivity index is 2.20. The van der Waals surface area contributed by atoms with Gasteiger partial charge in [-0.3, -0.25) is 9.59 Å². The molecule has 0 aliphatic rings. The van der Waals surface area contributed by atoms with E-state index in [2.05, 4.69) is 4.98 Å². The highest BCUT2D eigenvalue weighted by atomic mass is 32.2. The molecule has 0 saturated heterocycles. The Bertz CT molecular complexity index is 1360. The maximum absolute atomic E-state index is 13.4. The van der Waals surface area contributed by atoms with Crippen molar-refractivity contribution < 1.29 is 31.1 Å². The van der Waals surface area contributed by atoms with E-state index in [4.69, 9.17) is 5.73 Å². The molecule has 0 radical (unpaired) electrons. The lowest BCUT2D eigenvalue weighted by molar-refractivity contribution is -0.146. The first kappa shape index (κ1) is 26.4. The van der Waals surface area contributed by atoms with Crippen LogP contribution in [0.3, 0.4) is 0 Å². The van der Waals surface area contributed by atoms with Crippen LogP contribution in [-0.2, 0) is 25.9 Å². The number of halogens is 6. The molecule has 190 valence electrons. The van der Waals surface area contributed by atoms with Crippen molar-refractivity contribution in [2.24, 2.45) is 7.05 Å². The van der Waals surface area contributed by atoms with Gasteiger partial charge in [0.15, 0.2) is 0 Å². The molecule has 3 rings (SSSR count). The second-order valence-electron chi connectivity index (χ2n) is 7.51. The molecule has 2 heterocycles. The molecular weight excluding hydrogens is 500 g/mol. The van der Waals surface area contributed by atoms with Gasteiger partial charge >= 0.3 is 12.4 Å². The van der Waals surface area contributed by atoms with Crippen LogP contribution in [0.15, 0.2) is 27.9 Å². The highest BCUT2D eigenvalue weighted by Crippen LogP contribution is 2.36. The summed E-state index contributed by atoms with van der Waals surface area (Å²) in [6, 6.07) is 3.12. The number of pyridine rings is 1. The molecule has 0 atom stereocenters. The summed E-state index contributed by atoms with van der Waals surface area (Å²) in [6.45, 7) is 2.77. The first-order valence-corrected chi connectivity index (χ1v) is 11.2. The van der Waals surface area contributed by atoms with Gasteiger partial charge in [-0.1, -0.05) is 6.92 Å². The summed E-state index contributed by atoms with van der Waals surface area (Å²) in [5, 5.41) is 0. The third-order valence-electron chi connectivity index (χ3n) is 5.32. The minimum absolute atomic E-state index is 0.0691. The molecule has 7 nitrogen and oxygen atoms in total. The van der Waals surface area contributed by atoms with Gasteiger partial charge in [0.1, 0.15) is 11.4 Å². The summed E-state index contributed by atoms with van der Waals surface area (Å²) < 4.78 is 81.4. The van der Waals surface area contributed by atoms with Crippen LogP contribution in [0, 0.1) is 0 Å². The van der Waals surface area contributed by atoms with Crippen molar-refractivity contribution in [3.05, 3.63) is 45.6 Å². The predicted molar refractivity (Wildman–Crippen MR) is 121 cm³/mol. The Labute approximate surface area is 199 Å². The molecule has 0 spiro atoms. The van der Waals surface area contributed by atoms with Gasteiger partial charge in [-0.2, -0.15) is 26.3 Å². The summed E-state index contributed by atoms with van der Waals surface area (Å²) in [5.41, 5.74) is 2.29. The standard InChI is InChI=1S/C21H21F6N5O2S/c1-5-32-15(20(22,23)24)8-11(28)16(18(32)34)31(4)17(33)10-7-12-13(9-14(10)35-6-2)30(3)19(29-12)21(25,26)27/h7-9H,5-6,28H2,1-4H3. The number of thioether (sulfide) groups is 1. The SMILES string of the molecule is CCSc1cc2c(cc1C(=O)N(C)c1c(N)cc(C(F)(F)F)n(CC)c1=O)nc(C(F)(F)F)n2C. The van der Waals surface area contributed by atoms with E-state index in [0.29, 0.717) is 21.3 Å². The van der Waals surface area contributed by atoms with Crippen molar-refractivity contribution in [1.82, 2.24) is 14.1 Å². The number of hydrogen-bond acceptors (Lipinski definition) is 5. The van der Waals surface area contributed by atoms with Crippen LogP contribution in [0.5, 0.6) is 0 Å². The monoisotopic (exact) mass is 521 g/mol. The molecule has 3 aromatic rings. The molecule has 0 fully saturated rings. The van der Waals surface area contributed by atoms with E-state index in [-0.39, 0.29) is 23.1 Å². The lowest BCUT2D eigenvalue weighted by atomic mass is 10.1. The van der Waals surface area contributed by atoms with Crippen LogP contribution in [-0.4, -0.2) is 32.8 Å². The molecular formula is C21H21F6N5O2S. The maximum atomic E-state index is 13.4. The highest BCUT2D eigenvalue weighted by Gasteiger charge is 2.38. The van der Waals surface area contributed by atoms with Crippen LogP contribution in [0.1, 0.15) is 35.7 Å². The zero-order chi connectivity index (χ0) is 26.5. The van der Waals surface area contributed by atoms with E-state index in [9.17, 15) is 35.9 Å². The van der Waals surface area contributed by atoms with Gasteiger partial charge in [-0.15, -0.1) is 11.8 Å². The molecule has 2 N–H and O–H groups in total. The minimum Gasteiger partial charge on any atom is -0.397 e. The number of nitrogens with zero attached hydrogens (tertiary/aromatic N) is 4. The fourth-order valence-electron chi connectivity index (χ4n) is 3.74. The fraction of sp³-hybridized carbons (Fsp3) is 0.381. The Morgan fingerprint density at radius 1 is 1.11 bits per heavy atom. The molecule has 0 aliphatic carbocycles. The molecule has 35 heavy (non-hydrogen) atoms. The number of benzene rings is 1. The lowest BCUT2D eigenvalue weighted by Gasteiger charge is -2.23. The summed E-state index contributed by atoms with van der Waals surface area (Å²) >= 11 is 1.17. The minimum atomic E-state index is -4.85. The van der Waals surface area contributed by atoms with Crippen molar-refractivity contribution in [1.29, 1.82) is 0 Å². The van der Waals surface area contributed by atoms with E-state index in [0.717, 1.165) is 16.5 Å². The molecule has 1 amide bonds. The number of fused-ring (bicyclic) bond motifs is 1. The van der Waals surface area contributed by atoms with Gasteiger partial charge in [0, 0.05) is 25.5 Å². The third kappa shape index (κ3) is 4.70. The van der Waals surface area contributed by atoms with E-state index in [1.807, 2.05) is 0 Å². The van der Waals surface area contributed by atoms with Gasteiger partial charge in [-0.05, 0) is 30.9 Å². The van der Waals surface area contributed by atoms with Gasteiger partial charge in [0.2, 0.25) is 5.82 Å². The van der Waals surface area contributed by atoms with Gasteiger partial charge in [0.05, 0.1) is 22.3 Å². The van der Waals surface area contributed by atoms with Crippen molar-refractivity contribution >= 4 is 40.1 Å². The predicted octanol–water partition coefficient (Wildman–Crippen LogP) is 4.76. The van der Waals surface area contributed by atoms with Crippen LogP contribution in [0.25, 0.3) is 11.0 Å². The average molecular weight is 521 g/mol. The largest absolute Gasteiger partial charge is 0.449 e. The number of amides is 1. The zero-order valence-electron chi connectivity index (χ0n) is 19.0. The van der Waals surface area contributed by atoms with Crippen LogP contribution in [0.2, 0.25) is 0 Å². The number of aromatic nitrogens is 3. The van der Waals surface area contributed by atoms with E-state index >= 15 is 0 Å². The first-order valence-electron chi connectivity index (χ1n) is 10.2. The van der Waals surface area contributed by atoms with E-state index < -0.39 is 46.7 Å². The third-order valence-corrected chi connectivity index (χ3v) is 6.25. The number of carbonyl (C=O) groups is 1. The van der Waals surface area contributed by atoms with Gasteiger partial charge < -0.3 is 19.8 Å². The number of aryl methyl sites for hydroxylation is 1. The first-order chi connectivity index (χ1) is 16.1. The number of nitrogen functional groups attached to an aromatic ring is 1. The summed E-state index contributed by atoms with van der Waals surface area (Å²) in [5.74, 6) is -1.53. The summed E-state index contributed by atoms with van der Waals surface area (Å²) in [4.78, 5) is 31.0. The number of anilines is 2. The second kappa shape index (κ2) is 9.13. The number of alkyl halides is 6. The van der Waals surface area contributed by atoms with Crippen molar-refractivity contribution in [2.75, 3.05) is 23.4 Å². The van der Waals surface area contributed by atoms with Crippen LogP contribution in [0.4, 0.5) is 37.7 Å². The maximum Gasteiger partial charge on any atom is 0.449 e. The lowest BCUT2D eigenvalue weighted by Crippen LogP contribution is -2.37. The quantitative estimate of drug-likeness (QED) is 0.387. The molecule has 1 aromatic carbocycles. The number of rotatable bonds is 5. The number of nitrogens with two attached hydrogens (primary N) is 1. The Kier molecular flexibility index (Phi) is 6.90.